The molecule has 0 fully saturated rings. The molecule has 0 unspecified atom stereocenters. The molecule has 1 aromatic rings. The second kappa shape index (κ2) is 6.05. The third-order valence-electron chi connectivity index (χ3n) is 2.30. The van der Waals surface area contributed by atoms with Crippen LogP contribution in [0.25, 0.3) is 0 Å². The molecule has 15 heavy (non-hydrogen) atoms. The van der Waals surface area contributed by atoms with Crippen molar-refractivity contribution in [1.82, 2.24) is 5.32 Å². The monoisotopic (exact) mass is 231 g/mol. The van der Waals surface area contributed by atoms with E-state index in [4.69, 9.17) is 16.7 Å². The van der Waals surface area contributed by atoms with Crippen molar-refractivity contribution in [2.24, 2.45) is 0 Å². The van der Waals surface area contributed by atoms with Gasteiger partial charge in [0.15, 0.2) is 0 Å². The van der Waals surface area contributed by atoms with Gasteiger partial charge in [0.2, 0.25) is 0 Å². The lowest BCUT2D eigenvalue weighted by atomic mass is 10.2. The van der Waals surface area contributed by atoms with E-state index in [2.05, 4.69) is 5.32 Å². The van der Waals surface area contributed by atoms with E-state index in [1.54, 1.807) is 6.07 Å². The van der Waals surface area contributed by atoms with Crippen LogP contribution in [0.4, 0.5) is 4.39 Å². The summed E-state index contributed by atoms with van der Waals surface area (Å²) in [6.07, 6.45) is 0.804. The van der Waals surface area contributed by atoms with Crippen LogP contribution in [0.1, 0.15) is 18.9 Å². The van der Waals surface area contributed by atoms with E-state index in [0.29, 0.717) is 17.1 Å². The molecular formula is C11H15ClFNO. The zero-order chi connectivity index (χ0) is 11.3. The molecule has 0 bridgehead atoms. The number of rotatable bonds is 5. The number of aliphatic hydroxyl groups is 1. The number of hydrogen-bond acceptors (Lipinski definition) is 2. The molecule has 2 nitrogen and oxygen atoms in total. The lowest BCUT2D eigenvalue weighted by Crippen LogP contribution is -2.31. The van der Waals surface area contributed by atoms with Crippen LogP contribution >= 0.6 is 11.6 Å². The Kier molecular flexibility index (Phi) is 5.02. The van der Waals surface area contributed by atoms with Gasteiger partial charge >= 0.3 is 0 Å². The molecule has 0 radical (unpaired) electrons. The van der Waals surface area contributed by atoms with Crippen molar-refractivity contribution in [2.45, 2.75) is 25.9 Å². The summed E-state index contributed by atoms with van der Waals surface area (Å²) in [6, 6.07) is 4.46. The van der Waals surface area contributed by atoms with E-state index in [-0.39, 0.29) is 18.5 Å². The second-order valence-electron chi connectivity index (χ2n) is 3.40. The smallest absolute Gasteiger partial charge is 0.127 e. The standard InChI is InChI=1S/C11H15ClFNO/c1-2-10(7-15)14-6-8-5-9(12)3-4-11(8)13/h3-5,10,14-15H,2,6-7H2,1H3/t10-/m1/s1. The van der Waals surface area contributed by atoms with E-state index in [1.165, 1.54) is 12.1 Å². The van der Waals surface area contributed by atoms with Crippen LogP contribution in [-0.2, 0) is 6.54 Å². The molecule has 4 heteroatoms. The molecule has 1 aromatic carbocycles. The SMILES string of the molecule is CC[C@H](CO)NCc1cc(Cl)ccc1F. The molecule has 0 heterocycles. The Hall–Kier alpha value is -0.640. The number of nitrogens with one attached hydrogen (secondary N) is 1. The summed E-state index contributed by atoms with van der Waals surface area (Å²) in [7, 11) is 0. The number of benzene rings is 1. The Balaban J connectivity index is 2.60. The summed E-state index contributed by atoms with van der Waals surface area (Å²) in [5.74, 6) is -0.278. The van der Waals surface area contributed by atoms with Crippen molar-refractivity contribution in [2.75, 3.05) is 6.61 Å². The molecular weight excluding hydrogens is 217 g/mol. The second-order valence-corrected chi connectivity index (χ2v) is 3.84. The van der Waals surface area contributed by atoms with Crippen molar-refractivity contribution < 1.29 is 9.50 Å². The zero-order valence-corrected chi connectivity index (χ0v) is 9.39. The highest BCUT2D eigenvalue weighted by Crippen LogP contribution is 2.14. The molecule has 0 aromatic heterocycles. The summed E-state index contributed by atoms with van der Waals surface area (Å²) in [6.45, 7) is 2.40. The van der Waals surface area contributed by atoms with Gasteiger partial charge in [-0.05, 0) is 24.6 Å². The predicted octanol–water partition coefficient (Wildman–Crippen LogP) is 2.34. The van der Waals surface area contributed by atoms with Gasteiger partial charge in [0.25, 0.3) is 0 Å². The van der Waals surface area contributed by atoms with E-state index in [9.17, 15) is 4.39 Å². The average Bonchev–Trinajstić information content (AvgIpc) is 2.24. The van der Waals surface area contributed by atoms with Gasteiger partial charge in [-0.15, -0.1) is 0 Å². The Bertz CT molecular complexity index is 315. The van der Waals surface area contributed by atoms with E-state index >= 15 is 0 Å². The first-order valence-electron chi connectivity index (χ1n) is 4.95. The van der Waals surface area contributed by atoms with Gasteiger partial charge in [0.1, 0.15) is 5.82 Å². The van der Waals surface area contributed by atoms with Crippen molar-refractivity contribution in [1.29, 1.82) is 0 Å². The van der Waals surface area contributed by atoms with Crippen molar-refractivity contribution in [3.8, 4) is 0 Å². The molecule has 1 rings (SSSR count). The highest BCUT2D eigenvalue weighted by atomic mass is 35.5. The lowest BCUT2D eigenvalue weighted by molar-refractivity contribution is 0.238. The van der Waals surface area contributed by atoms with Gasteiger partial charge in [-0.1, -0.05) is 18.5 Å². The van der Waals surface area contributed by atoms with Gasteiger partial charge in [-0.3, -0.25) is 0 Å². The maximum absolute atomic E-state index is 13.3. The Morgan fingerprint density at radius 1 is 1.53 bits per heavy atom. The molecule has 2 N–H and O–H groups in total. The fourth-order valence-corrected chi connectivity index (χ4v) is 1.47. The summed E-state index contributed by atoms with van der Waals surface area (Å²) in [5.41, 5.74) is 0.523. The Morgan fingerprint density at radius 3 is 2.87 bits per heavy atom. The van der Waals surface area contributed by atoms with Gasteiger partial charge in [-0.25, -0.2) is 4.39 Å². The van der Waals surface area contributed by atoms with Gasteiger partial charge in [-0.2, -0.15) is 0 Å². The van der Waals surface area contributed by atoms with Crippen LogP contribution in [-0.4, -0.2) is 17.8 Å². The fourth-order valence-electron chi connectivity index (χ4n) is 1.27. The summed E-state index contributed by atoms with van der Waals surface area (Å²) >= 11 is 5.76. The maximum Gasteiger partial charge on any atom is 0.127 e. The third kappa shape index (κ3) is 3.78. The fraction of sp³-hybridized carbons (Fsp3) is 0.455. The molecule has 1 atom stereocenters. The number of halogens is 2. The van der Waals surface area contributed by atoms with Crippen LogP contribution in [0, 0.1) is 5.82 Å². The van der Waals surface area contributed by atoms with Crippen molar-refractivity contribution >= 4 is 11.6 Å². The summed E-state index contributed by atoms with van der Waals surface area (Å²) in [4.78, 5) is 0. The molecule has 0 aliphatic carbocycles. The minimum atomic E-state index is -0.278. The summed E-state index contributed by atoms with van der Waals surface area (Å²) in [5, 5.41) is 12.5. The van der Waals surface area contributed by atoms with E-state index in [1.807, 2.05) is 6.92 Å². The molecule has 0 saturated carbocycles. The first-order valence-corrected chi connectivity index (χ1v) is 5.33. The normalized spacial score (nSPS) is 12.8. The topological polar surface area (TPSA) is 32.3 Å². The van der Waals surface area contributed by atoms with E-state index in [0.717, 1.165) is 6.42 Å². The lowest BCUT2D eigenvalue weighted by Gasteiger charge is -2.14. The minimum Gasteiger partial charge on any atom is -0.395 e. The molecule has 0 spiro atoms. The first-order chi connectivity index (χ1) is 7.17. The largest absolute Gasteiger partial charge is 0.395 e. The molecule has 0 aliphatic heterocycles. The number of aliphatic hydroxyl groups excluding tert-OH is 1. The highest BCUT2D eigenvalue weighted by Gasteiger charge is 2.06. The zero-order valence-electron chi connectivity index (χ0n) is 8.63. The van der Waals surface area contributed by atoms with Crippen molar-refractivity contribution in [3.63, 3.8) is 0 Å². The first kappa shape index (κ1) is 12.4. The molecule has 0 saturated heterocycles. The van der Waals surface area contributed by atoms with Crippen molar-refractivity contribution in [3.05, 3.63) is 34.6 Å². The Morgan fingerprint density at radius 2 is 2.27 bits per heavy atom. The predicted molar refractivity (Wildman–Crippen MR) is 59.4 cm³/mol. The van der Waals surface area contributed by atoms with Crippen LogP contribution in [0.5, 0.6) is 0 Å². The highest BCUT2D eigenvalue weighted by molar-refractivity contribution is 6.30. The van der Waals surface area contributed by atoms with E-state index < -0.39 is 0 Å². The van der Waals surface area contributed by atoms with Crippen LogP contribution in [0.15, 0.2) is 18.2 Å². The molecule has 0 aliphatic rings. The van der Waals surface area contributed by atoms with Crippen LogP contribution in [0.2, 0.25) is 5.02 Å². The quantitative estimate of drug-likeness (QED) is 0.815. The van der Waals surface area contributed by atoms with Crippen LogP contribution in [0.3, 0.4) is 0 Å². The molecule has 0 amide bonds. The average molecular weight is 232 g/mol. The maximum atomic E-state index is 13.3. The van der Waals surface area contributed by atoms with Gasteiger partial charge in [0.05, 0.1) is 6.61 Å². The molecule has 84 valence electrons. The Labute approximate surface area is 94.1 Å². The van der Waals surface area contributed by atoms with Gasteiger partial charge < -0.3 is 10.4 Å². The number of hydrogen-bond donors (Lipinski definition) is 2. The minimum absolute atomic E-state index is 0.00313. The summed E-state index contributed by atoms with van der Waals surface area (Å²) < 4.78 is 13.3. The third-order valence-corrected chi connectivity index (χ3v) is 2.54. The van der Waals surface area contributed by atoms with Gasteiger partial charge in [0, 0.05) is 23.2 Å². The van der Waals surface area contributed by atoms with Crippen LogP contribution < -0.4 is 5.32 Å².